The maximum atomic E-state index is 12.9. The average molecular weight is 418 g/mol. The van der Waals surface area contributed by atoms with Crippen LogP contribution in [0.2, 0.25) is 0 Å². The van der Waals surface area contributed by atoms with Gasteiger partial charge in [0.05, 0.1) is 6.61 Å². The van der Waals surface area contributed by atoms with Crippen LogP contribution in [0.5, 0.6) is 11.5 Å². The summed E-state index contributed by atoms with van der Waals surface area (Å²) >= 11 is 0. The molecule has 1 N–H and O–H groups in total. The molecule has 0 atom stereocenters. The zero-order valence-corrected chi connectivity index (χ0v) is 19.0. The lowest BCUT2D eigenvalue weighted by atomic mass is 10.0. The Morgan fingerprint density at radius 1 is 0.935 bits per heavy atom. The molecule has 0 aromatic heterocycles. The summed E-state index contributed by atoms with van der Waals surface area (Å²) < 4.78 is 11.9. The number of para-hydroxylation sites is 1. The summed E-state index contributed by atoms with van der Waals surface area (Å²) in [7, 11) is 0. The van der Waals surface area contributed by atoms with Crippen molar-refractivity contribution in [1.29, 1.82) is 0 Å². The fourth-order valence-electron chi connectivity index (χ4n) is 3.44. The Hall–Kier alpha value is -3.27. The van der Waals surface area contributed by atoms with Gasteiger partial charge in [0.2, 0.25) is 0 Å². The summed E-state index contributed by atoms with van der Waals surface area (Å²) in [4.78, 5) is 12.9. The van der Waals surface area contributed by atoms with E-state index in [-0.39, 0.29) is 5.91 Å². The molecule has 162 valence electrons. The summed E-state index contributed by atoms with van der Waals surface area (Å²) in [6.45, 7) is 11.1. The fourth-order valence-corrected chi connectivity index (χ4v) is 3.44. The molecule has 0 heterocycles. The molecule has 0 aliphatic heterocycles. The zero-order valence-electron chi connectivity index (χ0n) is 19.0. The number of amides is 1. The molecule has 0 radical (unpaired) electrons. The monoisotopic (exact) mass is 417 g/mol. The maximum Gasteiger partial charge on any atom is 0.255 e. The molecule has 0 aliphatic rings. The molecule has 3 aromatic rings. The first-order valence-electron chi connectivity index (χ1n) is 10.7. The van der Waals surface area contributed by atoms with E-state index in [0.717, 1.165) is 39.4 Å². The van der Waals surface area contributed by atoms with Crippen LogP contribution in [0.25, 0.3) is 0 Å². The van der Waals surface area contributed by atoms with Crippen LogP contribution in [-0.2, 0) is 6.61 Å². The molecule has 3 rings (SSSR count). The Morgan fingerprint density at radius 3 is 2.45 bits per heavy atom. The highest BCUT2D eigenvalue weighted by atomic mass is 16.5. The minimum Gasteiger partial charge on any atom is -0.493 e. The molecule has 1 amide bonds. The van der Waals surface area contributed by atoms with Gasteiger partial charge in [-0.25, -0.2) is 0 Å². The second-order valence-corrected chi connectivity index (χ2v) is 8.01. The van der Waals surface area contributed by atoms with Crippen molar-refractivity contribution in [2.24, 2.45) is 0 Å². The van der Waals surface area contributed by atoms with Crippen molar-refractivity contribution in [2.75, 3.05) is 11.9 Å². The van der Waals surface area contributed by atoms with Crippen LogP contribution in [0.15, 0.2) is 60.7 Å². The van der Waals surface area contributed by atoms with E-state index in [9.17, 15) is 4.79 Å². The van der Waals surface area contributed by atoms with Crippen LogP contribution >= 0.6 is 0 Å². The van der Waals surface area contributed by atoms with E-state index in [1.165, 1.54) is 0 Å². The van der Waals surface area contributed by atoms with Gasteiger partial charge in [-0.1, -0.05) is 44.2 Å². The van der Waals surface area contributed by atoms with Gasteiger partial charge >= 0.3 is 0 Å². The minimum atomic E-state index is -0.152. The van der Waals surface area contributed by atoms with Gasteiger partial charge in [-0.15, -0.1) is 0 Å². The highest BCUT2D eigenvalue weighted by Gasteiger charge is 2.14. The normalized spacial score (nSPS) is 10.8. The quantitative estimate of drug-likeness (QED) is 0.446. The van der Waals surface area contributed by atoms with E-state index in [0.29, 0.717) is 24.7 Å². The first-order valence-corrected chi connectivity index (χ1v) is 10.7. The summed E-state index contributed by atoms with van der Waals surface area (Å²) in [5, 5.41) is 3.02. The first-order chi connectivity index (χ1) is 14.9. The molecule has 4 heteroatoms. The van der Waals surface area contributed by atoms with Gasteiger partial charge in [-0.2, -0.15) is 0 Å². The molecule has 0 spiro atoms. The first kappa shape index (κ1) is 22.4. The van der Waals surface area contributed by atoms with E-state index >= 15 is 0 Å². The summed E-state index contributed by atoms with van der Waals surface area (Å²) in [6.07, 6.45) is 0. The third-order valence-electron chi connectivity index (χ3n) is 5.19. The predicted octanol–water partition coefficient (Wildman–Crippen LogP) is 6.66. The van der Waals surface area contributed by atoms with Crippen LogP contribution in [0.1, 0.15) is 59.3 Å². The van der Waals surface area contributed by atoms with Crippen LogP contribution in [0, 0.1) is 13.8 Å². The lowest BCUT2D eigenvalue weighted by Crippen LogP contribution is -2.14. The SMILES string of the molecule is CCOc1ccc(C(=O)Nc2cc(C)ccc2C)cc1COc1ccccc1C(C)C. The van der Waals surface area contributed by atoms with E-state index < -0.39 is 0 Å². The number of carbonyl (C=O) groups is 1. The number of hydrogen-bond acceptors (Lipinski definition) is 3. The van der Waals surface area contributed by atoms with Crippen molar-refractivity contribution in [3.63, 3.8) is 0 Å². The third-order valence-corrected chi connectivity index (χ3v) is 5.19. The van der Waals surface area contributed by atoms with Crippen molar-refractivity contribution in [2.45, 2.75) is 47.1 Å². The third kappa shape index (κ3) is 5.66. The Morgan fingerprint density at radius 2 is 1.71 bits per heavy atom. The Labute approximate surface area is 185 Å². The standard InChI is InChI=1S/C27H31NO3/c1-6-30-25-14-13-21(27(29)28-24-15-19(4)11-12-20(24)5)16-22(25)17-31-26-10-8-7-9-23(26)18(2)3/h7-16,18H,6,17H2,1-5H3,(H,28,29). The van der Waals surface area contributed by atoms with E-state index in [2.05, 4.69) is 25.2 Å². The molecule has 3 aromatic carbocycles. The molecule has 0 bridgehead atoms. The molecule has 0 saturated heterocycles. The second kappa shape index (κ2) is 10.2. The van der Waals surface area contributed by atoms with Gasteiger partial charge in [0.25, 0.3) is 5.91 Å². The van der Waals surface area contributed by atoms with E-state index in [4.69, 9.17) is 9.47 Å². The van der Waals surface area contributed by atoms with Crippen LogP contribution < -0.4 is 14.8 Å². The predicted molar refractivity (Wildman–Crippen MR) is 126 cm³/mol. The number of carbonyl (C=O) groups excluding carboxylic acids is 1. The number of rotatable bonds is 8. The second-order valence-electron chi connectivity index (χ2n) is 8.01. The van der Waals surface area contributed by atoms with Crippen molar-refractivity contribution >= 4 is 11.6 Å². The van der Waals surface area contributed by atoms with E-state index in [1.54, 1.807) is 6.07 Å². The molecule has 31 heavy (non-hydrogen) atoms. The largest absolute Gasteiger partial charge is 0.493 e. The summed E-state index contributed by atoms with van der Waals surface area (Å²) in [6, 6.07) is 19.6. The van der Waals surface area contributed by atoms with Crippen LogP contribution in [0.4, 0.5) is 5.69 Å². The molecule has 0 unspecified atom stereocenters. The smallest absolute Gasteiger partial charge is 0.255 e. The number of ether oxygens (including phenoxy) is 2. The Kier molecular flexibility index (Phi) is 7.35. The molecular formula is C27H31NO3. The minimum absolute atomic E-state index is 0.152. The van der Waals surface area contributed by atoms with Crippen molar-refractivity contribution in [1.82, 2.24) is 0 Å². The molecule has 0 aliphatic carbocycles. The average Bonchev–Trinajstić information content (AvgIpc) is 2.75. The summed E-state index contributed by atoms with van der Waals surface area (Å²) in [5.74, 6) is 1.79. The van der Waals surface area contributed by atoms with Gasteiger partial charge in [0.1, 0.15) is 18.1 Å². The number of aryl methyl sites for hydroxylation is 2. The Balaban J connectivity index is 1.84. The number of anilines is 1. The topological polar surface area (TPSA) is 47.6 Å². The molecule has 4 nitrogen and oxygen atoms in total. The van der Waals surface area contributed by atoms with Gasteiger partial charge < -0.3 is 14.8 Å². The van der Waals surface area contributed by atoms with Gasteiger partial charge in [-0.3, -0.25) is 4.79 Å². The number of nitrogens with one attached hydrogen (secondary N) is 1. The molecular weight excluding hydrogens is 386 g/mol. The number of benzene rings is 3. The fraction of sp³-hybridized carbons (Fsp3) is 0.296. The highest BCUT2D eigenvalue weighted by molar-refractivity contribution is 6.04. The lowest BCUT2D eigenvalue weighted by molar-refractivity contribution is 0.102. The molecule has 0 fully saturated rings. The maximum absolute atomic E-state index is 12.9. The lowest BCUT2D eigenvalue weighted by Gasteiger charge is -2.16. The van der Waals surface area contributed by atoms with Crippen molar-refractivity contribution in [3.05, 3.63) is 88.5 Å². The van der Waals surface area contributed by atoms with Crippen LogP contribution in [-0.4, -0.2) is 12.5 Å². The van der Waals surface area contributed by atoms with Crippen molar-refractivity contribution < 1.29 is 14.3 Å². The van der Waals surface area contributed by atoms with Crippen molar-refractivity contribution in [3.8, 4) is 11.5 Å². The van der Waals surface area contributed by atoms with Gasteiger partial charge in [-0.05, 0) is 73.7 Å². The van der Waals surface area contributed by atoms with E-state index in [1.807, 2.05) is 69.3 Å². The summed E-state index contributed by atoms with van der Waals surface area (Å²) in [5.41, 5.74) is 5.52. The van der Waals surface area contributed by atoms with Crippen LogP contribution in [0.3, 0.4) is 0 Å². The highest BCUT2D eigenvalue weighted by Crippen LogP contribution is 2.29. The zero-order chi connectivity index (χ0) is 22.4. The number of hydrogen-bond donors (Lipinski definition) is 1. The molecule has 0 saturated carbocycles. The van der Waals surface area contributed by atoms with Gasteiger partial charge in [0, 0.05) is 16.8 Å². The Bertz CT molecular complexity index is 1060. The van der Waals surface area contributed by atoms with Gasteiger partial charge in [0.15, 0.2) is 0 Å².